The fourth-order valence-electron chi connectivity index (χ4n) is 2.67. The molecule has 0 fully saturated rings. The van der Waals surface area contributed by atoms with Gasteiger partial charge in [0.1, 0.15) is 0 Å². The van der Waals surface area contributed by atoms with Crippen LogP contribution in [0.4, 0.5) is 13.2 Å². The highest BCUT2D eigenvalue weighted by Gasteiger charge is 2.35. The van der Waals surface area contributed by atoms with Crippen molar-refractivity contribution in [3.05, 3.63) is 65.9 Å². The van der Waals surface area contributed by atoms with Crippen molar-refractivity contribution in [2.45, 2.75) is 24.9 Å². The number of carbonyl (C=O) groups is 1. The van der Waals surface area contributed by atoms with Gasteiger partial charge in [-0.15, -0.1) is 0 Å². The number of rotatable bonds is 5. The molecule has 1 heterocycles. The number of halogens is 3. The van der Waals surface area contributed by atoms with E-state index in [2.05, 4.69) is 9.84 Å². The van der Waals surface area contributed by atoms with Crippen LogP contribution in [-0.4, -0.2) is 30.1 Å². The fourth-order valence-corrected chi connectivity index (χ4v) is 3.68. The highest BCUT2D eigenvalue weighted by atomic mass is 32.2. The minimum Gasteiger partial charge on any atom is -0.449 e. The molecule has 0 spiro atoms. The molecule has 0 bridgehead atoms. The highest BCUT2D eigenvalue weighted by Crippen LogP contribution is 2.33. The lowest BCUT2D eigenvalue weighted by Gasteiger charge is -2.10. The van der Waals surface area contributed by atoms with E-state index in [-0.39, 0.29) is 16.3 Å². The number of carbonyl (C=O) groups excluding carboxylic acids is 1. The van der Waals surface area contributed by atoms with E-state index in [4.69, 9.17) is 0 Å². The predicted octanol–water partition coefficient (Wildman–Crippen LogP) is 4.16. The Bertz CT molecular complexity index is 1170. The predicted molar refractivity (Wildman–Crippen MR) is 103 cm³/mol. The second-order valence-corrected chi connectivity index (χ2v) is 8.49. The topological polar surface area (TPSA) is 78.3 Å². The van der Waals surface area contributed by atoms with E-state index in [1.165, 1.54) is 24.3 Å². The monoisotopic (exact) mass is 438 g/mol. The first-order chi connectivity index (χ1) is 14.0. The summed E-state index contributed by atoms with van der Waals surface area (Å²) in [4.78, 5) is 10.7. The van der Waals surface area contributed by atoms with Gasteiger partial charge in [-0.1, -0.05) is 29.8 Å². The van der Waals surface area contributed by atoms with Crippen molar-refractivity contribution in [3.8, 4) is 16.9 Å². The Hall–Kier alpha value is -3.14. The summed E-state index contributed by atoms with van der Waals surface area (Å²) in [5.41, 5.74) is 0.855. The van der Waals surface area contributed by atoms with E-state index < -0.39 is 33.6 Å². The molecule has 0 amide bonds. The van der Waals surface area contributed by atoms with Crippen molar-refractivity contribution in [3.63, 3.8) is 0 Å². The quantitative estimate of drug-likeness (QED) is 0.559. The largest absolute Gasteiger partial charge is 0.449 e. The summed E-state index contributed by atoms with van der Waals surface area (Å²) in [5, 5.41) is 3.67. The molecule has 3 rings (SSSR count). The van der Waals surface area contributed by atoms with Crippen molar-refractivity contribution in [1.29, 1.82) is 0 Å². The van der Waals surface area contributed by atoms with Crippen molar-refractivity contribution >= 4 is 15.8 Å². The van der Waals surface area contributed by atoms with Gasteiger partial charge in [-0.25, -0.2) is 13.1 Å². The number of alkyl halides is 3. The van der Waals surface area contributed by atoms with E-state index in [0.717, 1.165) is 23.2 Å². The molecule has 1 aromatic heterocycles. The Morgan fingerprint density at radius 1 is 1.07 bits per heavy atom. The number of ether oxygens (including phenoxy) is 1. The first-order valence-electron chi connectivity index (χ1n) is 8.68. The van der Waals surface area contributed by atoms with E-state index in [9.17, 15) is 26.4 Å². The fraction of sp³-hybridized carbons (Fsp3) is 0.200. The SMILES string of the molecule is CC(=O)OCS(=O)(=O)c1ccc(-n2nc(C(F)(F)F)cc2-c2ccc(C)cc2)cc1. The van der Waals surface area contributed by atoms with Gasteiger partial charge in [0.15, 0.2) is 11.6 Å². The summed E-state index contributed by atoms with van der Waals surface area (Å²) >= 11 is 0. The standard InChI is InChI=1S/C20H17F3N2O4S/c1-13-3-5-15(6-4-13)18-11-19(20(21,22)23)24-25(18)16-7-9-17(10-8-16)30(27,28)12-29-14(2)26/h3-11H,12H2,1-2H3. The van der Waals surface area contributed by atoms with Gasteiger partial charge in [0, 0.05) is 12.5 Å². The van der Waals surface area contributed by atoms with Gasteiger partial charge in [-0.2, -0.15) is 18.3 Å². The zero-order valence-corrected chi connectivity index (χ0v) is 16.8. The van der Waals surface area contributed by atoms with E-state index in [1.54, 1.807) is 24.3 Å². The van der Waals surface area contributed by atoms with E-state index in [0.29, 0.717) is 5.56 Å². The lowest BCUT2D eigenvalue weighted by atomic mass is 10.1. The summed E-state index contributed by atoms with van der Waals surface area (Å²) in [6.45, 7) is 2.94. The van der Waals surface area contributed by atoms with Crippen LogP contribution in [0.15, 0.2) is 59.5 Å². The Morgan fingerprint density at radius 3 is 2.20 bits per heavy atom. The molecule has 0 aliphatic heterocycles. The Balaban J connectivity index is 2.03. The molecule has 10 heteroatoms. The summed E-state index contributed by atoms with van der Waals surface area (Å²) in [6.07, 6.45) is -4.64. The van der Waals surface area contributed by atoms with Crippen LogP contribution in [0.1, 0.15) is 18.2 Å². The Morgan fingerprint density at radius 2 is 1.67 bits per heavy atom. The van der Waals surface area contributed by atoms with Gasteiger partial charge in [0.2, 0.25) is 9.84 Å². The molecule has 158 valence electrons. The van der Waals surface area contributed by atoms with Gasteiger partial charge in [0.05, 0.1) is 16.3 Å². The maximum atomic E-state index is 13.3. The van der Waals surface area contributed by atoms with Crippen LogP contribution in [0.5, 0.6) is 0 Å². The van der Waals surface area contributed by atoms with E-state index >= 15 is 0 Å². The van der Waals surface area contributed by atoms with Crippen LogP contribution in [-0.2, 0) is 25.5 Å². The van der Waals surface area contributed by atoms with Crippen LogP contribution >= 0.6 is 0 Å². The summed E-state index contributed by atoms with van der Waals surface area (Å²) in [7, 11) is -3.89. The van der Waals surface area contributed by atoms with Crippen molar-refractivity contribution in [1.82, 2.24) is 9.78 Å². The number of hydrogen-bond donors (Lipinski definition) is 0. The number of benzene rings is 2. The third-order valence-corrected chi connectivity index (χ3v) is 5.62. The number of nitrogens with zero attached hydrogens (tertiary/aromatic N) is 2. The molecule has 30 heavy (non-hydrogen) atoms. The van der Waals surface area contributed by atoms with Crippen LogP contribution < -0.4 is 0 Å². The van der Waals surface area contributed by atoms with Crippen LogP contribution in [0, 0.1) is 6.92 Å². The highest BCUT2D eigenvalue weighted by molar-refractivity contribution is 7.91. The molecule has 3 aromatic rings. The van der Waals surface area contributed by atoms with Crippen molar-refractivity contribution < 1.29 is 31.1 Å². The number of hydrogen-bond acceptors (Lipinski definition) is 5. The van der Waals surface area contributed by atoms with Gasteiger partial charge < -0.3 is 4.74 Å². The third kappa shape index (κ3) is 4.70. The molecule has 0 aliphatic rings. The lowest BCUT2D eigenvalue weighted by Crippen LogP contribution is -2.13. The average Bonchev–Trinajstić information content (AvgIpc) is 3.13. The number of esters is 1. The molecule has 0 saturated carbocycles. The summed E-state index contributed by atoms with van der Waals surface area (Å²) in [5.74, 6) is -1.56. The summed E-state index contributed by atoms with van der Waals surface area (Å²) in [6, 6.07) is 13.0. The first kappa shape index (κ1) is 21.6. The van der Waals surface area contributed by atoms with Crippen LogP contribution in [0.25, 0.3) is 16.9 Å². The Labute approximate surface area is 170 Å². The summed E-state index contributed by atoms with van der Waals surface area (Å²) < 4.78 is 69.8. The van der Waals surface area contributed by atoms with Gasteiger partial charge >= 0.3 is 12.1 Å². The molecule has 0 unspecified atom stereocenters. The number of aromatic nitrogens is 2. The second-order valence-electron chi connectivity index (χ2n) is 6.55. The zero-order valence-electron chi connectivity index (χ0n) is 16.0. The molecular formula is C20H17F3N2O4S. The Kier molecular flexibility index (Phi) is 5.71. The van der Waals surface area contributed by atoms with Gasteiger partial charge in [0.25, 0.3) is 0 Å². The normalized spacial score (nSPS) is 12.0. The van der Waals surface area contributed by atoms with Crippen LogP contribution in [0.2, 0.25) is 0 Å². The van der Waals surface area contributed by atoms with Gasteiger partial charge in [-0.3, -0.25) is 4.79 Å². The molecule has 0 radical (unpaired) electrons. The van der Waals surface area contributed by atoms with Crippen molar-refractivity contribution in [2.24, 2.45) is 0 Å². The van der Waals surface area contributed by atoms with Gasteiger partial charge in [-0.05, 0) is 37.3 Å². The second kappa shape index (κ2) is 7.94. The smallest absolute Gasteiger partial charge is 0.435 e. The average molecular weight is 438 g/mol. The molecular weight excluding hydrogens is 421 g/mol. The lowest BCUT2D eigenvalue weighted by molar-refractivity contribution is -0.141. The minimum absolute atomic E-state index is 0.132. The van der Waals surface area contributed by atoms with Crippen LogP contribution in [0.3, 0.4) is 0 Å². The molecule has 2 aromatic carbocycles. The zero-order chi connectivity index (χ0) is 22.1. The number of sulfone groups is 1. The molecule has 0 saturated heterocycles. The minimum atomic E-state index is -4.64. The molecule has 0 aliphatic carbocycles. The van der Waals surface area contributed by atoms with E-state index in [1.807, 2.05) is 6.92 Å². The molecule has 0 atom stereocenters. The van der Waals surface area contributed by atoms with Crippen molar-refractivity contribution in [2.75, 3.05) is 5.94 Å². The number of aryl methyl sites for hydroxylation is 1. The maximum absolute atomic E-state index is 13.3. The third-order valence-electron chi connectivity index (χ3n) is 4.20. The maximum Gasteiger partial charge on any atom is 0.435 e. The first-order valence-corrected chi connectivity index (χ1v) is 10.3. The molecule has 0 N–H and O–H groups in total. The molecule has 6 nitrogen and oxygen atoms in total.